The molecule has 8 nitrogen and oxygen atoms in total. The van der Waals surface area contributed by atoms with E-state index in [1.165, 1.54) is 18.2 Å². The van der Waals surface area contributed by atoms with Crippen LogP contribution in [0, 0.1) is 24.0 Å². The second-order valence-electron chi connectivity index (χ2n) is 4.32. The first-order valence-electron chi connectivity index (χ1n) is 5.96. The fourth-order valence-corrected chi connectivity index (χ4v) is 2.77. The van der Waals surface area contributed by atoms with Gasteiger partial charge in [0, 0.05) is 19.1 Å². The number of non-ortho nitro benzene ring substituents is 1. The van der Waals surface area contributed by atoms with Crippen LogP contribution in [0.1, 0.15) is 17.3 Å². The molecule has 9 heteroatoms. The van der Waals surface area contributed by atoms with Crippen molar-refractivity contribution in [3.8, 4) is 0 Å². The standard InChI is InChI=1S/C12H13N3O5S/c1-8-12(20-9(2)14-8)7-13-21(18,19)11-5-3-4-10(6-11)15(16)17/h3-6,13H,7H2,1-2H3. The van der Waals surface area contributed by atoms with Crippen LogP contribution in [0.5, 0.6) is 0 Å². The molecule has 0 saturated heterocycles. The molecule has 0 amide bonds. The number of nitro groups is 1. The molecule has 0 saturated carbocycles. The second kappa shape index (κ2) is 5.62. The molecule has 112 valence electrons. The average Bonchev–Trinajstić information content (AvgIpc) is 2.75. The molecule has 2 aromatic rings. The van der Waals surface area contributed by atoms with Crippen LogP contribution in [0.4, 0.5) is 5.69 Å². The monoisotopic (exact) mass is 311 g/mol. The first kappa shape index (κ1) is 15.1. The van der Waals surface area contributed by atoms with E-state index in [2.05, 4.69) is 9.71 Å². The number of hydrogen-bond donors (Lipinski definition) is 1. The summed E-state index contributed by atoms with van der Waals surface area (Å²) >= 11 is 0. The van der Waals surface area contributed by atoms with Crippen molar-refractivity contribution in [3.63, 3.8) is 0 Å². The molecule has 0 fully saturated rings. The summed E-state index contributed by atoms with van der Waals surface area (Å²) in [6, 6.07) is 4.83. The van der Waals surface area contributed by atoms with Gasteiger partial charge in [-0.25, -0.2) is 18.1 Å². The van der Waals surface area contributed by atoms with E-state index in [-0.39, 0.29) is 17.1 Å². The van der Waals surface area contributed by atoms with Crippen molar-refractivity contribution in [2.24, 2.45) is 0 Å². The van der Waals surface area contributed by atoms with Crippen molar-refractivity contribution < 1.29 is 17.8 Å². The number of sulfonamides is 1. The highest BCUT2D eigenvalue weighted by Crippen LogP contribution is 2.18. The molecule has 1 N–H and O–H groups in total. The summed E-state index contributed by atoms with van der Waals surface area (Å²) in [4.78, 5) is 13.9. The zero-order valence-corrected chi connectivity index (χ0v) is 12.2. The summed E-state index contributed by atoms with van der Waals surface area (Å²) in [5.74, 6) is 0.846. The molecule has 0 aliphatic rings. The van der Waals surface area contributed by atoms with Gasteiger partial charge in [0.25, 0.3) is 5.69 Å². The Morgan fingerprint density at radius 2 is 2.10 bits per heavy atom. The van der Waals surface area contributed by atoms with Gasteiger partial charge < -0.3 is 4.42 Å². The summed E-state index contributed by atoms with van der Waals surface area (Å²) in [7, 11) is -3.86. The van der Waals surface area contributed by atoms with E-state index in [0.717, 1.165) is 6.07 Å². The van der Waals surface area contributed by atoms with Gasteiger partial charge in [-0.05, 0) is 13.0 Å². The normalized spacial score (nSPS) is 11.5. The third kappa shape index (κ3) is 3.44. The summed E-state index contributed by atoms with van der Waals surface area (Å²) in [5.41, 5.74) is 0.304. The quantitative estimate of drug-likeness (QED) is 0.663. The summed E-state index contributed by atoms with van der Waals surface area (Å²) in [6.07, 6.45) is 0. The maximum atomic E-state index is 12.1. The Kier molecular flexibility index (Phi) is 4.05. The molecule has 1 aromatic carbocycles. The number of hydrogen-bond acceptors (Lipinski definition) is 6. The van der Waals surface area contributed by atoms with Crippen molar-refractivity contribution in [1.29, 1.82) is 0 Å². The van der Waals surface area contributed by atoms with Crippen LogP contribution in [0.3, 0.4) is 0 Å². The zero-order valence-electron chi connectivity index (χ0n) is 11.4. The first-order valence-corrected chi connectivity index (χ1v) is 7.45. The molecule has 1 heterocycles. The third-order valence-electron chi connectivity index (χ3n) is 2.76. The van der Waals surface area contributed by atoms with Crippen LogP contribution in [-0.4, -0.2) is 18.3 Å². The number of aryl methyl sites for hydroxylation is 2. The lowest BCUT2D eigenvalue weighted by molar-refractivity contribution is -0.385. The Bertz CT molecular complexity index is 782. The smallest absolute Gasteiger partial charge is 0.270 e. The van der Waals surface area contributed by atoms with Crippen molar-refractivity contribution in [2.75, 3.05) is 0 Å². The fourth-order valence-electron chi connectivity index (χ4n) is 1.75. The van der Waals surface area contributed by atoms with Crippen LogP contribution in [-0.2, 0) is 16.6 Å². The third-order valence-corrected chi connectivity index (χ3v) is 4.16. The fraction of sp³-hybridized carbons (Fsp3) is 0.250. The van der Waals surface area contributed by atoms with Gasteiger partial charge in [0.2, 0.25) is 10.0 Å². The molecule has 0 aliphatic carbocycles. The molecule has 0 radical (unpaired) electrons. The van der Waals surface area contributed by atoms with Crippen LogP contribution >= 0.6 is 0 Å². The number of rotatable bonds is 5. The van der Waals surface area contributed by atoms with Crippen LogP contribution < -0.4 is 4.72 Å². The van der Waals surface area contributed by atoms with Crippen molar-refractivity contribution in [1.82, 2.24) is 9.71 Å². The van der Waals surface area contributed by atoms with Gasteiger partial charge in [-0.3, -0.25) is 10.1 Å². The van der Waals surface area contributed by atoms with Crippen molar-refractivity contribution in [3.05, 3.63) is 51.7 Å². The van der Waals surface area contributed by atoms with Crippen LogP contribution in [0.15, 0.2) is 33.6 Å². The Morgan fingerprint density at radius 3 is 2.67 bits per heavy atom. The molecule has 2 rings (SSSR count). The average molecular weight is 311 g/mol. The van der Waals surface area contributed by atoms with Gasteiger partial charge in [0.1, 0.15) is 5.76 Å². The zero-order chi connectivity index (χ0) is 15.6. The Morgan fingerprint density at radius 1 is 1.38 bits per heavy atom. The predicted molar refractivity (Wildman–Crippen MR) is 73.1 cm³/mol. The van der Waals surface area contributed by atoms with E-state index in [1.54, 1.807) is 13.8 Å². The number of benzene rings is 1. The number of nitrogens with one attached hydrogen (secondary N) is 1. The maximum Gasteiger partial charge on any atom is 0.270 e. The van der Waals surface area contributed by atoms with Gasteiger partial charge in [0.05, 0.1) is 22.1 Å². The predicted octanol–water partition coefficient (Wildman–Crippen LogP) is 1.68. The van der Waals surface area contributed by atoms with E-state index in [9.17, 15) is 18.5 Å². The number of oxazole rings is 1. The van der Waals surface area contributed by atoms with E-state index >= 15 is 0 Å². The van der Waals surface area contributed by atoms with E-state index < -0.39 is 14.9 Å². The van der Waals surface area contributed by atoms with E-state index in [4.69, 9.17) is 4.42 Å². The second-order valence-corrected chi connectivity index (χ2v) is 6.09. The topological polar surface area (TPSA) is 115 Å². The Balaban J connectivity index is 2.20. The van der Waals surface area contributed by atoms with Crippen LogP contribution in [0.25, 0.3) is 0 Å². The lowest BCUT2D eigenvalue weighted by Gasteiger charge is -2.05. The van der Waals surface area contributed by atoms with Gasteiger partial charge in [0.15, 0.2) is 5.89 Å². The van der Waals surface area contributed by atoms with Gasteiger partial charge in [-0.2, -0.15) is 0 Å². The Hall–Kier alpha value is -2.26. The largest absolute Gasteiger partial charge is 0.444 e. The minimum absolute atomic E-state index is 0.0717. The summed E-state index contributed by atoms with van der Waals surface area (Å²) in [5, 5.41) is 10.7. The Labute approximate surface area is 121 Å². The number of aromatic nitrogens is 1. The molecular weight excluding hydrogens is 298 g/mol. The molecule has 0 bridgehead atoms. The molecule has 0 aliphatic heterocycles. The minimum Gasteiger partial charge on any atom is -0.444 e. The van der Waals surface area contributed by atoms with Crippen LogP contribution in [0.2, 0.25) is 0 Å². The van der Waals surface area contributed by atoms with E-state index in [0.29, 0.717) is 17.3 Å². The summed E-state index contributed by atoms with van der Waals surface area (Å²) < 4.78 is 31.8. The number of nitrogens with zero attached hydrogens (tertiary/aromatic N) is 2. The molecule has 0 unspecified atom stereocenters. The number of nitro benzene ring substituents is 1. The lowest BCUT2D eigenvalue weighted by Crippen LogP contribution is -2.23. The SMILES string of the molecule is Cc1nc(C)c(CNS(=O)(=O)c2cccc([N+](=O)[O-])c2)o1. The highest BCUT2D eigenvalue weighted by atomic mass is 32.2. The van der Waals surface area contributed by atoms with Crippen molar-refractivity contribution >= 4 is 15.7 Å². The van der Waals surface area contributed by atoms with Gasteiger partial charge in [-0.15, -0.1) is 0 Å². The van der Waals surface area contributed by atoms with Gasteiger partial charge in [-0.1, -0.05) is 6.07 Å². The highest BCUT2D eigenvalue weighted by molar-refractivity contribution is 7.89. The summed E-state index contributed by atoms with van der Waals surface area (Å²) in [6.45, 7) is 3.29. The molecule has 21 heavy (non-hydrogen) atoms. The maximum absolute atomic E-state index is 12.1. The highest BCUT2D eigenvalue weighted by Gasteiger charge is 2.18. The molecule has 0 spiro atoms. The first-order chi connectivity index (χ1) is 9.79. The molecule has 1 aromatic heterocycles. The van der Waals surface area contributed by atoms with Crippen molar-refractivity contribution in [2.45, 2.75) is 25.3 Å². The van der Waals surface area contributed by atoms with Gasteiger partial charge >= 0.3 is 0 Å². The molecular formula is C12H13N3O5S. The minimum atomic E-state index is -3.86. The molecule has 0 atom stereocenters. The lowest BCUT2D eigenvalue weighted by atomic mass is 10.3. The van der Waals surface area contributed by atoms with E-state index in [1.807, 2.05) is 0 Å².